The summed E-state index contributed by atoms with van der Waals surface area (Å²) in [6.45, 7) is 14.3. The Morgan fingerprint density at radius 1 is 1.07 bits per heavy atom. The molecule has 5 nitrogen and oxygen atoms in total. The first-order chi connectivity index (χ1) is 13.5. The van der Waals surface area contributed by atoms with Crippen LogP contribution in [0.4, 0.5) is 5.69 Å². The third-order valence-corrected chi connectivity index (χ3v) is 5.50. The summed E-state index contributed by atoms with van der Waals surface area (Å²) in [7, 11) is 0. The molecular formula is C24H35N3O2. The lowest BCUT2D eigenvalue weighted by atomic mass is 9.79. The van der Waals surface area contributed by atoms with E-state index >= 15 is 0 Å². The van der Waals surface area contributed by atoms with Gasteiger partial charge < -0.3 is 15.1 Å². The lowest BCUT2D eigenvalue weighted by molar-refractivity contribution is -0.114. The summed E-state index contributed by atoms with van der Waals surface area (Å²) in [5, 5.41) is 6.62. The van der Waals surface area contributed by atoms with Gasteiger partial charge in [-0.15, -0.1) is 0 Å². The van der Waals surface area contributed by atoms with Crippen molar-refractivity contribution in [3.63, 3.8) is 0 Å². The molecule has 1 aliphatic rings. The van der Waals surface area contributed by atoms with Gasteiger partial charge in [0.2, 0.25) is 5.91 Å². The second kappa shape index (κ2) is 8.33. The van der Waals surface area contributed by atoms with Crippen LogP contribution in [0.2, 0.25) is 0 Å². The van der Waals surface area contributed by atoms with Crippen LogP contribution in [-0.4, -0.2) is 27.9 Å². The number of benzene rings is 1. The van der Waals surface area contributed by atoms with E-state index in [2.05, 4.69) is 61.4 Å². The van der Waals surface area contributed by atoms with Gasteiger partial charge in [0.1, 0.15) is 11.5 Å². The molecule has 5 heteroatoms. The number of nitrogens with zero attached hydrogens (tertiary/aromatic N) is 1. The maximum absolute atomic E-state index is 11.3. The predicted molar refractivity (Wildman–Crippen MR) is 118 cm³/mol. The van der Waals surface area contributed by atoms with E-state index in [1.165, 1.54) is 12.5 Å². The second-order valence-electron chi connectivity index (χ2n) is 9.75. The molecule has 1 aromatic heterocycles. The smallest absolute Gasteiger partial charge is 0.221 e. The van der Waals surface area contributed by atoms with Gasteiger partial charge in [-0.3, -0.25) is 9.69 Å². The molecule has 158 valence electrons. The van der Waals surface area contributed by atoms with Gasteiger partial charge in [0.05, 0.1) is 6.54 Å². The Labute approximate surface area is 174 Å². The number of furan rings is 1. The van der Waals surface area contributed by atoms with Crippen LogP contribution < -0.4 is 10.6 Å². The van der Waals surface area contributed by atoms with Crippen molar-refractivity contribution in [1.29, 1.82) is 0 Å². The molecule has 1 aromatic carbocycles. The fourth-order valence-electron chi connectivity index (χ4n) is 4.74. The van der Waals surface area contributed by atoms with Crippen LogP contribution in [0.3, 0.4) is 0 Å². The average molecular weight is 398 g/mol. The van der Waals surface area contributed by atoms with E-state index < -0.39 is 0 Å². The number of rotatable bonds is 6. The number of nitrogens with one attached hydrogen (secondary N) is 2. The van der Waals surface area contributed by atoms with Crippen molar-refractivity contribution < 1.29 is 9.21 Å². The molecule has 2 aromatic rings. The first-order valence-corrected chi connectivity index (χ1v) is 10.5. The largest absolute Gasteiger partial charge is 0.465 e. The zero-order chi connectivity index (χ0) is 21.2. The van der Waals surface area contributed by atoms with Gasteiger partial charge in [-0.1, -0.05) is 12.1 Å². The van der Waals surface area contributed by atoms with Crippen molar-refractivity contribution in [2.75, 3.05) is 5.32 Å². The Balaban J connectivity index is 1.82. The summed E-state index contributed by atoms with van der Waals surface area (Å²) in [4.78, 5) is 13.8. The number of anilines is 1. The normalized spacial score (nSPS) is 18.7. The lowest BCUT2D eigenvalue weighted by Gasteiger charge is -2.49. The van der Waals surface area contributed by atoms with Crippen LogP contribution in [0.1, 0.15) is 64.5 Å². The molecule has 1 saturated heterocycles. The number of hydrogen-bond donors (Lipinski definition) is 2. The number of hydrogen-bond acceptors (Lipinski definition) is 4. The highest BCUT2D eigenvalue weighted by Gasteiger charge is 2.40. The molecule has 0 radical (unpaired) electrons. The molecule has 1 fully saturated rings. The average Bonchev–Trinajstić information content (AvgIpc) is 2.98. The molecule has 0 spiro atoms. The van der Waals surface area contributed by atoms with Crippen molar-refractivity contribution in [3.8, 4) is 0 Å². The third kappa shape index (κ3) is 6.18. The zero-order valence-corrected chi connectivity index (χ0v) is 18.6. The van der Waals surface area contributed by atoms with Crippen LogP contribution in [0, 0.1) is 6.92 Å². The zero-order valence-electron chi connectivity index (χ0n) is 18.6. The lowest BCUT2D eigenvalue weighted by Crippen LogP contribution is -2.62. The van der Waals surface area contributed by atoms with Crippen molar-refractivity contribution in [2.45, 2.75) is 84.6 Å². The number of aryl methyl sites for hydroxylation is 1. The van der Waals surface area contributed by atoms with Crippen LogP contribution >= 0.6 is 0 Å². The summed E-state index contributed by atoms with van der Waals surface area (Å²) in [6, 6.07) is 12.7. The highest BCUT2D eigenvalue weighted by Crippen LogP contribution is 2.33. The van der Waals surface area contributed by atoms with Gasteiger partial charge in [0.25, 0.3) is 0 Å². The SMILES string of the molecule is CC(=O)Nc1ccc(CN(Cc2ccc(C)o2)C2CC(C)(C)NC(C)(C)C2)cc1. The maximum Gasteiger partial charge on any atom is 0.221 e. The Bertz CT molecular complexity index is 820. The Hall–Kier alpha value is -2.11. The van der Waals surface area contributed by atoms with Crippen molar-refractivity contribution >= 4 is 11.6 Å². The molecule has 2 heterocycles. The third-order valence-electron chi connectivity index (χ3n) is 5.50. The number of carbonyl (C=O) groups excluding carboxylic acids is 1. The van der Waals surface area contributed by atoms with E-state index in [0.29, 0.717) is 6.04 Å². The molecule has 0 atom stereocenters. The summed E-state index contributed by atoms with van der Waals surface area (Å²) in [5.41, 5.74) is 2.23. The molecule has 3 rings (SSSR count). The topological polar surface area (TPSA) is 57.5 Å². The first kappa shape index (κ1) is 21.6. The molecule has 0 bridgehead atoms. The number of piperidine rings is 1. The molecular weight excluding hydrogens is 362 g/mol. The van der Waals surface area contributed by atoms with Crippen molar-refractivity contribution in [2.24, 2.45) is 0 Å². The van der Waals surface area contributed by atoms with E-state index in [0.717, 1.165) is 43.1 Å². The Morgan fingerprint density at radius 2 is 1.69 bits per heavy atom. The monoisotopic (exact) mass is 397 g/mol. The van der Waals surface area contributed by atoms with Crippen molar-refractivity contribution in [1.82, 2.24) is 10.2 Å². The van der Waals surface area contributed by atoms with Gasteiger partial charge in [0.15, 0.2) is 0 Å². The molecule has 2 N–H and O–H groups in total. The minimum Gasteiger partial charge on any atom is -0.465 e. The van der Waals surface area contributed by atoms with Gasteiger partial charge in [-0.25, -0.2) is 0 Å². The summed E-state index contributed by atoms with van der Waals surface area (Å²) in [5.74, 6) is 1.91. The minimum atomic E-state index is -0.0493. The van der Waals surface area contributed by atoms with Gasteiger partial charge >= 0.3 is 0 Å². The van der Waals surface area contributed by atoms with E-state index in [1.54, 1.807) is 0 Å². The summed E-state index contributed by atoms with van der Waals surface area (Å²) in [6.07, 6.45) is 2.17. The van der Waals surface area contributed by atoms with Crippen LogP contribution in [-0.2, 0) is 17.9 Å². The molecule has 29 heavy (non-hydrogen) atoms. The highest BCUT2D eigenvalue weighted by molar-refractivity contribution is 5.88. The van der Waals surface area contributed by atoms with E-state index in [1.807, 2.05) is 25.1 Å². The predicted octanol–water partition coefficient (Wildman–Crippen LogP) is 4.86. The van der Waals surface area contributed by atoms with E-state index in [-0.39, 0.29) is 17.0 Å². The Morgan fingerprint density at radius 3 is 2.21 bits per heavy atom. The summed E-state index contributed by atoms with van der Waals surface area (Å²) >= 11 is 0. The first-order valence-electron chi connectivity index (χ1n) is 10.5. The van der Waals surface area contributed by atoms with Gasteiger partial charge in [-0.05, 0) is 77.3 Å². The van der Waals surface area contributed by atoms with Crippen molar-refractivity contribution in [3.05, 3.63) is 53.5 Å². The molecule has 1 amide bonds. The molecule has 1 aliphatic heterocycles. The van der Waals surface area contributed by atoms with E-state index in [9.17, 15) is 4.79 Å². The number of amides is 1. The second-order valence-corrected chi connectivity index (χ2v) is 9.75. The standard InChI is InChI=1S/C24H35N3O2/c1-17-7-12-22(29-17)16-27(21-13-23(3,4)26-24(5,6)14-21)15-19-8-10-20(11-9-19)25-18(2)28/h7-12,21,26H,13-16H2,1-6H3,(H,25,28). The van der Waals surface area contributed by atoms with Gasteiger partial charge in [-0.2, -0.15) is 0 Å². The maximum atomic E-state index is 11.3. The Kier molecular flexibility index (Phi) is 6.20. The van der Waals surface area contributed by atoms with Gasteiger partial charge in [0, 0.05) is 36.3 Å². The van der Waals surface area contributed by atoms with Crippen LogP contribution in [0.15, 0.2) is 40.8 Å². The van der Waals surface area contributed by atoms with E-state index in [4.69, 9.17) is 4.42 Å². The number of carbonyl (C=O) groups is 1. The minimum absolute atomic E-state index is 0.0493. The highest BCUT2D eigenvalue weighted by atomic mass is 16.3. The fraction of sp³-hybridized carbons (Fsp3) is 0.542. The molecule has 0 saturated carbocycles. The van der Waals surface area contributed by atoms with Crippen LogP contribution in [0.25, 0.3) is 0 Å². The molecule has 0 aliphatic carbocycles. The summed E-state index contributed by atoms with van der Waals surface area (Å²) < 4.78 is 5.90. The quantitative estimate of drug-likeness (QED) is 0.731. The fourth-order valence-corrected chi connectivity index (χ4v) is 4.74. The van der Waals surface area contributed by atoms with Crippen LogP contribution in [0.5, 0.6) is 0 Å². The molecule has 0 unspecified atom stereocenters.